The number of hydrogen-bond acceptors (Lipinski definition) is 12. The Morgan fingerprint density at radius 3 is 1.47 bits per heavy atom. The Balaban J connectivity index is 1.25. The number of carbonyl (C=O) groups excluding carboxylic acids is 2. The van der Waals surface area contributed by atoms with E-state index in [0.717, 1.165) is 22.3 Å². The molecule has 2 saturated heterocycles. The molecule has 2 aliphatic rings. The molecule has 0 saturated carbocycles. The first-order chi connectivity index (χ1) is 30.4. The van der Waals surface area contributed by atoms with Crippen LogP contribution in [0.15, 0.2) is 152 Å². The number of benzene rings is 5. The molecule has 0 radical (unpaired) electrons. The molecule has 12 heteroatoms. The van der Waals surface area contributed by atoms with E-state index in [9.17, 15) is 9.59 Å². The van der Waals surface area contributed by atoms with E-state index in [1.54, 1.807) is 30.3 Å². The molecule has 0 N–H and O–H groups in total. The third-order valence-corrected chi connectivity index (χ3v) is 10.6. The first-order valence-electron chi connectivity index (χ1n) is 20.9. The van der Waals surface area contributed by atoms with Crippen LogP contribution in [0, 0.1) is 0 Å². The fourth-order valence-electron chi connectivity index (χ4n) is 7.58. The van der Waals surface area contributed by atoms with Gasteiger partial charge < -0.3 is 47.4 Å². The summed E-state index contributed by atoms with van der Waals surface area (Å²) >= 11 is 0. The van der Waals surface area contributed by atoms with Crippen molar-refractivity contribution >= 4 is 11.9 Å². The van der Waals surface area contributed by atoms with Crippen LogP contribution in [0.2, 0.25) is 0 Å². The van der Waals surface area contributed by atoms with Gasteiger partial charge in [0.2, 0.25) is 0 Å². The summed E-state index contributed by atoms with van der Waals surface area (Å²) in [7, 11) is 1.44. The molecule has 5 aromatic rings. The van der Waals surface area contributed by atoms with Crippen molar-refractivity contribution in [2.24, 2.45) is 0 Å². The van der Waals surface area contributed by atoms with Crippen molar-refractivity contribution in [1.82, 2.24) is 0 Å². The van der Waals surface area contributed by atoms with E-state index < -0.39 is 73.4 Å². The van der Waals surface area contributed by atoms with Crippen molar-refractivity contribution in [2.45, 2.75) is 102 Å². The minimum atomic E-state index is -1.27. The van der Waals surface area contributed by atoms with Crippen molar-refractivity contribution in [3.63, 3.8) is 0 Å². The van der Waals surface area contributed by atoms with E-state index in [1.807, 2.05) is 128 Å². The van der Waals surface area contributed by atoms with E-state index in [-0.39, 0.29) is 38.6 Å². The summed E-state index contributed by atoms with van der Waals surface area (Å²) < 4.78 is 64.7. The van der Waals surface area contributed by atoms with E-state index >= 15 is 0 Å². The number of hydrogen-bond donors (Lipinski definition) is 0. The highest BCUT2D eigenvalue weighted by molar-refractivity contribution is 5.89. The summed E-state index contributed by atoms with van der Waals surface area (Å²) in [6.45, 7) is 4.10. The zero-order valence-electron chi connectivity index (χ0n) is 35.1. The molecule has 12 nitrogen and oxygen atoms in total. The highest BCUT2D eigenvalue weighted by atomic mass is 16.8. The highest BCUT2D eigenvalue weighted by Gasteiger charge is 2.55. The molecule has 326 valence electrons. The standard InChI is InChI=1S/C50H54O12/c1-34-42(55-30-37-21-11-5-12-22-37)44(56-31-38-23-13-6-14-24-38)46(57-32-39-25-15-7-16-26-39)50(58-34)62-45-43(59-35(2)51)41(33-54-29-36-19-9-4-10-20-36)60-49(53-3)47(45)61-48(52)40-27-17-8-18-28-40/h4-28,34,41-47,49-50H,29-33H2,1-3H3/t34-,41+,42+,43+,44+,45-,46-,47+,49-,50-/m0/s1. The van der Waals surface area contributed by atoms with Gasteiger partial charge in [-0.2, -0.15) is 0 Å². The van der Waals surface area contributed by atoms with Gasteiger partial charge in [-0.25, -0.2) is 4.79 Å². The molecular formula is C50H54O12. The van der Waals surface area contributed by atoms with Crippen molar-refractivity contribution in [3.05, 3.63) is 179 Å². The Morgan fingerprint density at radius 1 is 0.500 bits per heavy atom. The number of ether oxygens (including phenoxy) is 10. The van der Waals surface area contributed by atoms with Gasteiger partial charge in [-0.15, -0.1) is 0 Å². The molecule has 0 spiro atoms. The van der Waals surface area contributed by atoms with Crippen LogP contribution in [-0.2, 0) is 78.6 Å². The third kappa shape index (κ3) is 12.2. The predicted octanol–water partition coefficient (Wildman–Crippen LogP) is 7.62. The second-order valence-electron chi connectivity index (χ2n) is 15.2. The molecule has 0 bridgehead atoms. The summed E-state index contributed by atoms with van der Waals surface area (Å²) in [6, 6.07) is 47.6. The first-order valence-corrected chi connectivity index (χ1v) is 20.9. The molecular weight excluding hydrogens is 793 g/mol. The molecule has 5 aromatic carbocycles. The average Bonchev–Trinajstić information content (AvgIpc) is 3.30. The van der Waals surface area contributed by atoms with Gasteiger partial charge in [-0.05, 0) is 41.3 Å². The Hall–Kier alpha value is -5.28. The molecule has 0 amide bonds. The minimum absolute atomic E-state index is 0.0278. The number of rotatable bonds is 19. The summed E-state index contributed by atoms with van der Waals surface area (Å²) in [5.41, 5.74) is 4.05. The van der Waals surface area contributed by atoms with E-state index in [0.29, 0.717) is 0 Å². The van der Waals surface area contributed by atoms with E-state index in [1.165, 1.54) is 14.0 Å². The molecule has 62 heavy (non-hydrogen) atoms. The number of carbonyl (C=O) groups is 2. The van der Waals surface area contributed by atoms with Crippen molar-refractivity contribution < 1.29 is 57.0 Å². The van der Waals surface area contributed by atoms with Gasteiger partial charge in [0, 0.05) is 14.0 Å². The lowest BCUT2D eigenvalue weighted by Crippen LogP contribution is -2.66. The lowest BCUT2D eigenvalue weighted by molar-refractivity contribution is -0.365. The minimum Gasteiger partial charge on any atom is -0.457 e. The maximum atomic E-state index is 13.8. The van der Waals surface area contributed by atoms with Crippen LogP contribution in [0.25, 0.3) is 0 Å². The fraction of sp³-hybridized carbons (Fsp3) is 0.360. The summed E-state index contributed by atoms with van der Waals surface area (Å²) in [4.78, 5) is 26.8. The van der Waals surface area contributed by atoms with Gasteiger partial charge in [-0.3, -0.25) is 4.79 Å². The third-order valence-electron chi connectivity index (χ3n) is 10.6. The summed E-state index contributed by atoms with van der Waals surface area (Å²) in [6.07, 6.45) is -9.89. The van der Waals surface area contributed by atoms with Crippen molar-refractivity contribution in [2.75, 3.05) is 13.7 Å². The second-order valence-corrected chi connectivity index (χ2v) is 15.2. The quantitative estimate of drug-likeness (QED) is 0.0760. The van der Waals surface area contributed by atoms with Gasteiger partial charge in [0.05, 0.1) is 44.7 Å². The lowest BCUT2D eigenvalue weighted by atomic mass is 9.96. The Morgan fingerprint density at radius 2 is 0.968 bits per heavy atom. The molecule has 2 aliphatic heterocycles. The summed E-state index contributed by atoms with van der Waals surface area (Å²) in [5, 5.41) is 0. The van der Waals surface area contributed by atoms with Crippen LogP contribution in [0.4, 0.5) is 0 Å². The van der Waals surface area contributed by atoms with E-state index in [4.69, 9.17) is 47.4 Å². The Labute approximate surface area is 362 Å². The Kier molecular flexibility index (Phi) is 16.4. The van der Waals surface area contributed by atoms with Gasteiger partial charge in [-0.1, -0.05) is 140 Å². The van der Waals surface area contributed by atoms with Gasteiger partial charge in [0.25, 0.3) is 0 Å². The van der Waals surface area contributed by atoms with Crippen molar-refractivity contribution in [1.29, 1.82) is 0 Å². The van der Waals surface area contributed by atoms with Crippen LogP contribution in [0.5, 0.6) is 0 Å². The molecule has 0 unspecified atom stereocenters. The largest absolute Gasteiger partial charge is 0.457 e. The molecule has 2 fully saturated rings. The van der Waals surface area contributed by atoms with Crippen LogP contribution in [0.3, 0.4) is 0 Å². The normalized spacial score (nSPS) is 26.0. The smallest absolute Gasteiger partial charge is 0.338 e. The molecule has 0 aliphatic carbocycles. The summed E-state index contributed by atoms with van der Waals surface area (Å²) in [5.74, 6) is -1.28. The Bertz CT molecular complexity index is 2070. The second kappa shape index (κ2) is 22.7. The van der Waals surface area contributed by atoms with Gasteiger partial charge >= 0.3 is 11.9 Å². The molecule has 0 aromatic heterocycles. The average molecular weight is 847 g/mol. The van der Waals surface area contributed by atoms with E-state index in [2.05, 4.69) is 0 Å². The van der Waals surface area contributed by atoms with Gasteiger partial charge in [0.15, 0.2) is 24.8 Å². The lowest BCUT2D eigenvalue weighted by Gasteiger charge is -2.49. The van der Waals surface area contributed by atoms with Crippen LogP contribution in [-0.4, -0.2) is 87.1 Å². The fourth-order valence-corrected chi connectivity index (χ4v) is 7.58. The van der Waals surface area contributed by atoms with Gasteiger partial charge in [0.1, 0.15) is 30.5 Å². The maximum Gasteiger partial charge on any atom is 0.338 e. The molecule has 2 heterocycles. The zero-order valence-corrected chi connectivity index (χ0v) is 35.1. The van der Waals surface area contributed by atoms with Crippen LogP contribution < -0.4 is 0 Å². The topological polar surface area (TPSA) is 126 Å². The SMILES string of the molecule is CO[C@H]1O[C@H](COCc2ccccc2)[C@@H](OC(C)=O)[C@H](O[C@@H]2O[C@@H](C)[C@@H](OCc3ccccc3)[C@@H](OCc3ccccc3)[C@@H]2OCc2ccccc2)[C@H]1OC(=O)c1ccccc1. The zero-order chi connectivity index (χ0) is 43.1. The van der Waals surface area contributed by atoms with Crippen LogP contribution >= 0.6 is 0 Å². The predicted molar refractivity (Wildman–Crippen MR) is 227 cm³/mol. The monoisotopic (exact) mass is 846 g/mol. The molecule has 7 rings (SSSR count). The van der Waals surface area contributed by atoms with Crippen molar-refractivity contribution in [3.8, 4) is 0 Å². The van der Waals surface area contributed by atoms with Crippen LogP contribution in [0.1, 0.15) is 46.5 Å². The number of methoxy groups -OCH3 is 1. The number of esters is 2. The highest BCUT2D eigenvalue weighted by Crippen LogP contribution is 2.36. The molecule has 10 atom stereocenters. The maximum absolute atomic E-state index is 13.8. The first kappa shape index (κ1) is 44.8.